The smallest absolute Gasteiger partial charge is 0.302 e. The molecule has 3 atom stereocenters. The third-order valence-corrected chi connectivity index (χ3v) is 2.84. The zero-order valence-corrected chi connectivity index (χ0v) is 12.7. The monoisotopic (exact) mass is 338 g/mol. The van der Waals surface area contributed by atoms with Gasteiger partial charge in [-0.3, -0.25) is 9.59 Å². The topological polar surface area (TPSA) is 71.1 Å². The van der Waals surface area contributed by atoms with Crippen molar-refractivity contribution in [2.24, 2.45) is 0 Å². The fraction of sp³-hybridized carbons (Fsp3) is 0.833. The van der Waals surface area contributed by atoms with Crippen LogP contribution in [-0.4, -0.2) is 49.0 Å². The maximum absolute atomic E-state index is 11.0. The van der Waals surface area contributed by atoms with E-state index in [0.29, 0.717) is 24.8 Å². The molecule has 6 nitrogen and oxygen atoms in total. The lowest BCUT2D eigenvalue weighted by Crippen LogP contribution is -2.41. The molecule has 1 heterocycles. The number of alkyl halides is 1. The summed E-state index contributed by atoms with van der Waals surface area (Å²) in [5.74, 6) is -0.700. The number of carbonyl (C=O) groups is 2. The first-order valence-electron chi connectivity index (χ1n) is 6.15. The average molecular weight is 339 g/mol. The van der Waals surface area contributed by atoms with Gasteiger partial charge in [0.2, 0.25) is 0 Å². The zero-order valence-electron chi connectivity index (χ0n) is 11.1. The van der Waals surface area contributed by atoms with Gasteiger partial charge in [-0.05, 0) is 0 Å². The van der Waals surface area contributed by atoms with Crippen molar-refractivity contribution in [2.75, 3.05) is 18.5 Å². The van der Waals surface area contributed by atoms with Gasteiger partial charge in [-0.25, -0.2) is 0 Å². The van der Waals surface area contributed by atoms with Crippen LogP contribution in [0, 0.1) is 0 Å². The summed E-state index contributed by atoms with van der Waals surface area (Å²) in [7, 11) is 0. The number of carbonyl (C=O) groups excluding carboxylic acids is 2. The predicted octanol–water partition coefficient (Wildman–Crippen LogP) is 1.40. The second-order valence-electron chi connectivity index (χ2n) is 4.25. The summed E-state index contributed by atoms with van der Waals surface area (Å²) in [6.07, 6.45) is -0.0462. The number of rotatable bonds is 6. The van der Waals surface area contributed by atoms with Crippen LogP contribution in [0.5, 0.6) is 0 Å². The van der Waals surface area contributed by atoms with Crippen molar-refractivity contribution in [2.45, 2.75) is 45.2 Å². The quantitative estimate of drug-likeness (QED) is 0.538. The van der Waals surface area contributed by atoms with Gasteiger partial charge in [-0.15, -0.1) is 0 Å². The highest BCUT2D eigenvalue weighted by molar-refractivity contribution is 9.09. The summed E-state index contributed by atoms with van der Waals surface area (Å²) >= 11 is 3.26. The Morgan fingerprint density at radius 2 is 2.00 bits per heavy atom. The second kappa shape index (κ2) is 8.50. The lowest BCUT2D eigenvalue weighted by atomic mass is 10.1. The van der Waals surface area contributed by atoms with E-state index in [2.05, 4.69) is 15.9 Å². The van der Waals surface area contributed by atoms with E-state index in [1.807, 2.05) is 0 Å². The Morgan fingerprint density at radius 3 is 2.58 bits per heavy atom. The van der Waals surface area contributed by atoms with Gasteiger partial charge in [-0.1, -0.05) is 15.9 Å². The summed E-state index contributed by atoms with van der Waals surface area (Å²) in [5, 5.41) is 0.694. The Bertz CT molecular complexity index is 309. The van der Waals surface area contributed by atoms with E-state index in [0.717, 1.165) is 0 Å². The lowest BCUT2D eigenvalue weighted by Gasteiger charge is -2.34. The van der Waals surface area contributed by atoms with Crippen LogP contribution < -0.4 is 0 Å². The van der Waals surface area contributed by atoms with Gasteiger partial charge in [0.25, 0.3) is 0 Å². The van der Waals surface area contributed by atoms with Gasteiger partial charge in [0.1, 0.15) is 12.7 Å². The molecular weight excluding hydrogens is 320 g/mol. The zero-order chi connectivity index (χ0) is 14.3. The van der Waals surface area contributed by atoms with E-state index in [4.69, 9.17) is 18.9 Å². The normalized spacial score (nSPS) is 26.8. The molecule has 0 amide bonds. The lowest BCUT2D eigenvalue weighted by molar-refractivity contribution is -0.227. The van der Waals surface area contributed by atoms with Crippen molar-refractivity contribution >= 4 is 27.9 Å². The largest absolute Gasteiger partial charge is 0.463 e. The summed E-state index contributed by atoms with van der Waals surface area (Å²) in [5.41, 5.74) is 0. The van der Waals surface area contributed by atoms with Crippen molar-refractivity contribution in [3.05, 3.63) is 0 Å². The minimum atomic E-state index is -0.448. The Morgan fingerprint density at radius 1 is 1.26 bits per heavy atom. The highest BCUT2D eigenvalue weighted by Gasteiger charge is 2.32. The first kappa shape index (κ1) is 16.4. The van der Waals surface area contributed by atoms with Crippen molar-refractivity contribution in [3.63, 3.8) is 0 Å². The van der Waals surface area contributed by atoms with Crippen LogP contribution in [0.4, 0.5) is 0 Å². The number of hydrogen-bond acceptors (Lipinski definition) is 6. The highest BCUT2D eigenvalue weighted by Crippen LogP contribution is 2.23. The molecule has 0 saturated carbocycles. The standard InChI is InChI=1S/C12H19BrO6/c1-8(14)17-7-11-5-10(18-9(2)15)6-12(19-11)16-4-3-13/h10-12H,3-7H2,1-2H3. The Labute approximate surface area is 120 Å². The fourth-order valence-electron chi connectivity index (χ4n) is 1.86. The van der Waals surface area contributed by atoms with E-state index >= 15 is 0 Å². The van der Waals surface area contributed by atoms with Crippen molar-refractivity contribution in [1.82, 2.24) is 0 Å². The minimum absolute atomic E-state index is 0.140. The molecule has 0 bridgehead atoms. The molecule has 0 aromatic heterocycles. The van der Waals surface area contributed by atoms with Crippen LogP contribution in [0.3, 0.4) is 0 Å². The molecule has 0 aromatic rings. The maximum Gasteiger partial charge on any atom is 0.302 e. The number of halogens is 1. The van der Waals surface area contributed by atoms with Gasteiger partial charge in [-0.2, -0.15) is 0 Å². The van der Waals surface area contributed by atoms with Crippen molar-refractivity contribution < 1.29 is 28.5 Å². The van der Waals surface area contributed by atoms with E-state index in [-0.39, 0.29) is 30.8 Å². The molecule has 110 valence electrons. The molecule has 0 spiro atoms. The van der Waals surface area contributed by atoms with Gasteiger partial charge in [0.15, 0.2) is 6.29 Å². The Kier molecular flexibility index (Phi) is 7.33. The average Bonchev–Trinajstić information content (AvgIpc) is 2.33. The molecule has 1 fully saturated rings. The summed E-state index contributed by atoms with van der Waals surface area (Å²) in [4.78, 5) is 21.8. The van der Waals surface area contributed by atoms with Crippen LogP contribution >= 0.6 is 15.9 Å². The highest BCUT2D eigenvalue weighted by atomic mass is 79.9. The summed E-state index contributed by atoms with van der Waals surface area (Å²) in [6, 6.07) is 0. The third-order valence-electron chi connectivity index (χ3n) is 2.51. The third kappa shape index (κ3) is 6.89. The van der Waals surface area contributed by atoms with Crippen LogP contribution in [0.25, 0.3) is 0 Å². The van der Waals surface area contributed by atoms with Gasteiger partial charge in [0, 0.05) is 32.0 Å². The molecule has 1 aliphatic rings. The van der Waals surface area contributed by atoms with E-state index in [9.17, 15) is 9.59 Å². The molecule has 0 aromatic carbocycles. The molecule has 7 heteroatoms. The van der Waals surface area contributed by atoms with E-state index in [1.54, 1.807) is 0 Å². The van der Waals surface area contributed by atoms with Crippen LogP contribution in [0.15, 0.2) is 0 Å². The first-order valence-corrected chi connectivity index (χ1v) is 7.27. The van der Waals surface area contributed by atoms with Crippen molar-refractivity contribution in [3.8, 4) is 0 Å². The molecule has 0 aliphatic carbocycles. The fourth-order valence-corrected chi connectivity index (χ4v) is 2.05. The molecular formula is C12H19BrO6. The SMILES string of the molecule is CC(=O)OCC1CC(OC(C)=O)CC(OCCBr)O1. The van der Waals surface area contributed by atoms with Crippen LogP contribution in [0.1, 0.15) is 26.7 Å². The molecule has 1 aliphatic heterocycles. The maximum atomic E-state index is 11.0. The Hall–Kier alpha value is -0.660. The predicted molar refractivity (Wildman–Crippen MR) is 69.8 cm³/mol. The Balaban J connectivity index is 2.50. The van der Waals surface area contributed by atoms with E-state index < -0.39 is 6.29 Å². The summed E-state index contributed by atoms with van der Waals surface area (Å²) in [6.45, 7) is 3.34. The first-order chi connectivity index (χ1) is 9.01. The molecule has 3 unspecified atom stereocenters. The molecule has 1 saturated heterocycles. The molecule has 19 heavy (non-hydrogen) atoms. The van der Waals surface area contributed by atoms with Gasteiger partial charge < -0.3 is 18.9 Å². The molecule has 0 N–H and O–H groups in total. The molecule has 0 radical (unpaired) electrons. The summed E-state index contributed by atoms with van der Waals surface area (Å²) < 4.78 is 21.2. The van der Waals surface area contributed by atoms with Gasteiger partial charge in [0.05, 0.1) is 12.7 Å². The van der Waals surface area contributed by atoms with Crippen molar-refractivity contribution in [1.29, 1.82) is 0 Å². The van der Waals surface area contributed by atoms with E-state index in [1.165, 1.54) is 13.8 Å². The van der Waals surface area contributed by atoms with Crippen LogP contribution in [-0.2, 0) is 28.5 Å². The van der Waals surface area contributed by atoms with Gasteiger partial charge >= 0.3 is 11.9 Å². The second-order valence-corrected chi connectivity index (χ2v) is 5.05. The minimum Gasteiger partial charge on any atom is -0.463 e. The number of hydrogen-bond donors (Lipinski definition) is 0. The number of esters is 2. The van der Waals surface area contributed by atoms with Crippen LogP contribution in [0.2, 0.25) is 0 Å². The molecule has 1 rings (SSSR count). The number of ether oxygens (including phenoxy) is 4.